The van der Waals surface area contributed by atoms with E-state index in [-0.39, 0.29) is 0 Å². The zero-order valence-corrected chi connectivity index (χ0v) is 13.5. The van der Waals surface area contributed by atoms with Crippen LogP contribution in [0.5, 0.6) is 0 Å². The minimum absolute atomic E-state index is 0.513. The van der Waals surface area contributed by atoms with Crippen LogP contribution in [-0.4, -0.2) is 19.8 Å². The first kappa shape index (κ1) is 13.2. The van der Waals surface area contributed by atoms with Crippen molar-refractivity contribution in [3.05, 3.63) is 45.8 Å². The highest BCUT2D eigenvalue weighted by molar-refractivity contribution is 7.20. The van der Waals surface area contributed by atoms with E-state index in [1.807, 2.05) is 23.6 Å². The van der Waals surface area contributed by atoms with Gasteiger partial charge in [0.2, 0.25) is 4.96 Å². The van der Waals surface area contributed by atoms with Gasteiger partial charge < -0.3 is 0 Å². The lowest BCUT2D eigenvalue weighted by molar-refractivity contribution is 0.974. The first-order valence-electron chi connectivity index (χ1n) is 5.94. The van der Waals surface area contributed by atoms with Gasteiger partial charge in [-0.3, -0.25) is 0 Å². The number of benzene rings is 1. The number of halogens is 2. The van der Waals surface area contributed by atoms with E-state index >= 15 is 0 Å². The largest absolute Gasteiger partial charge is 0.235 e. The Balaban J connectivity index is 1.86. The van der Waals surface area contributed by atoms with Crippen LogP contribution in [0.15, 0.2) is 35.7 Å². The lowest BCUT2D eigenvalue weighted by atomic mass is 10.2. The molecule has 0 atom stereocenters. The Morgan fingerprint density at radius 1 is 1.05 bits per heavy atom. The molecular weight excluding hydrogens is 347 g/mol. The number of rotatable bonds is 2. The van der Waals surface area contributed by atoms with Crippen LogP contribution in [0.1, 0.15) is 0 Å². The number of fused-ring (bicyclic) bond motifs is 1. The third-order valence-corrected chi connectivity index (χ3v) is 5.45. The summed E-state index contributed by atoms with van der Waals surface area (Å²) in [5.74, 6) is 0.752. The van der Waals surface area contributed by atoms with Gasteiger partial charge in [0.1, 0.15) is 5.01 Å². The van der Waals surface area contributed by atoms with Crippen molar-refractivity contribution in [2.24, 2.45) is 0 Å². The summed E-state index contributed by atoms with van der Waals surface area (Å²) in [6, 6.07) is 9.44. The molecule has 4 nitrogen and oxygen atoms in total. The Kier molecular flexibility index (Phi) is 3.19. The van der Waals surface area contributed by atoms with Crippen molar-refractivity contribution in [2.45, 2.75) is 0 Å². The van der Waals surface area contributed by atoms with Gasteiger partial charge in [-0.15, -0.1) is 21.5 Å². The van der Waals surface area contributed by atoms with Gasteiger partial charge in [0.05, 0.1) is 14.9 Å². The molecule has 0 unspecified atom stereocenters. The van der Waals surface area contributed by atoms with Crippen molar-refractivity contribution in [2.75, 3.05) is 0 Å². The standard InChI is InChI=1S/C13H6Cl2N4S2/c14-8-4-3-7(6-9(8)15)12-18-19-11(10-2-1-5-20-10)16-17-13(19)21-12/h1-6H. The van der Waals surface area contributed by atoms with Crippen molar-refractivity contribution < 1.29 is 0 Å². The smallest absolute Gasteiger partial charge is 0.181 e. The summed E-state index contributed by atoms with van der Waals surface area (Å²) in [6.45, 7) is 0. The van der Waals surface area contributed by atoms with Crippen molar-refractivity contribution in [1.29, 1.82) is 0 Å². The second-order valence-electron chi connectivity index (χ2n) is 4.23. The molecule has 4 aromatic rings. The van der Waals surface area contributed by atoms with E-state index in [4.69, 9.17) is 23.2 Å². The summed E-state index contributed by atoms with van der Waals surface area (Å²) in [7, 11) is 0. The van der Waals surface area contributed by atoms with Crippen molar-refractivity contribution in [1.82, 2.24) is 19.8 Å². The summed E-state index contributed by atoms with van der Waals surface area (Å²) >= 11 is 15.1. The van der Waals surface area contributed by atoms with Gasteiger partial charge in [-0.1, -0.05) is 46.7 Å². The fourth-order valence-electron chi connectivity index (χ4n) is 1.92. The first-order chi connectivity index (χ1) is 10.2. The molecule has 0 spiro atoms. The molecule has 0 fully saturated rings. The van der Waals surface area contributed by atoms with E-state index < -0.39 is 0 Å². The van der Waals surface area contributed by atoms with E-state index in [1.165, 1.54) is 11.3 Å². The zero-order chi connectivity index (χ0) is 14.4. The van der Waals surface area contributed by atoms with Crippen LogP contribution in [0.2, 0.25) is 10.0 Å². The van der Waals surface area contributed by atoms with E-state index in [1.54, 1.807) is 28.0 Å². The minimum atomic E-state index is 0.513. The molecule has 0 radical (unpaired) electrons. The Morgan fingerprint density at radius 3 is 2.71 bits per heavy atom. The highest BCUT2D eigenvalue weighted by Gasteiger charge is 2.15. The average molecular weight is 353 g/mol. The van der Waals surface area contributed by atoms with Gasteiger partial charge in [0.15, 0.2) is 5.82 Å². The van der Waals surface area contributed by atoms with Crippen LogP contribution in [0.4, 0.5) is 0 Å². The van der Waals surface area contributed by atoms with Crippen LogP contribution >= 0.6 is 45.9 Å². The molecule has 0 saturated heterocycles. The topological polar surface area (TPSA) is 43.1 Å². The molecule has 3 heterocycles. The molecule has 1 aromatic carbocycles. The number of nitrogens with zero attached hydrogens (tertiary/aromatic N) is 4. The van der Waals surface area contributed by atoms with Gasteiger partial charge in [-0.05, 0) is 23.6 Å². The molecule has 4 rings (SSSR count). The summed E-state index contributed by atoms with van der Waals surface area (Å²) in [6.07, 6.45) is 0. The van der Waals surface area contributed by atoms with E-state index in [0.717, 1.165) is 26.2 Å². The number of aromatic nitrogens is 4. The highest BCUT2D eigenvalue weighted by atomic mass is 35.5. The molecular formula is C13H6Cl2N4S2. The van der Waals surface area contributed by atoms with Gasteiger partial charge in [-0.2, -0.15) is 9.61 Å². The van der Waals surface area contributed by atoms with Gasteiger partial charge in [0.25, 0.3) is 0 Å². The molecule has 3 aromatic heterocycles. The predicted octanol–water partition coefficient (Wildman–Crippen LogP) is 4.89. The molecule has 104 valence electrons. The lowest BCUT2D eigenvalue weighted by Crippen LogP contribution is -1.89. The quantitative estimate of drug-likeness (QED) is 0.515. The summed E-state index contributed by atoms with van der Waals surface area (Å²) in [4.78, 5) is 1.79. The SMILES string of the molecule is Clc1ccc(-c2nn3c(-c4cccs4)nnc3s2)cc1Cl. The van der Waals surface area contributed by atoms with Crippen molar-refractivity contribution in [3.8, 4) is 21.3 Å². The molecule has 0 saturated carbocycles. The van der Waals surface area contributed by atoms with E-state index in [2.05, 4.69) is 15.3 Å². The fourth-order valence-corrected chi connectivity index (χ4v) is 3.75. The lowest BCUT2D eigenvalue weighted by Gasteiger charge is -1.98. The van der Waals surface area contributed by atoms with Crippen LogP contribution < -0.4 is 0 Å². The molecule has 0 amide bonds. The zero-order valence-electron chi connectivity index (χ0n) is 10.3. The fraction of sp³-hybridized carbons (Fsp3) is 0. The van der Waals surface area contributed by atoms with Crippen molar-refractivity contribution in [3.63, 3.8) is 0 Å². The monoisotopic (exact) mass is 352 g/mol. The maximum Gasteiger partial charge on any atom is 0.235 e. The minimum Gasteiger partial charge on any atom is -0.181 e. The predicted molar refractivity (Wildman–Crippen MR) is 87.4 cm³/mol. The van der Waals surface area contributed by atoms with Gasteiger partial charge in [-0.25, -0.2) is 0 Å². The third-order valence-electron chi connectivity index (χ3n) is 2.90. The van der Waals surface area contributed by atoms with Crippen molar-refractivity contribution >= 4 is 50.8 Å². The normalized spacial score (nSPS) is 11.3. The molecule has 0 aliphatic heterocycles. The molecule has 8 heteroatoms. The molecule has 0 aliphatic rings. The average Bonchev–Trinajstić information content (AvgIpc) is 3.16. The van der Waals surface area contributed by atoms with E-state index in [9.17, 15) is 0 Å². The first-order valence-corrected chi connectivity index (χ1v) is 8.39. The number of hydrogen-bond donors (Lipinski definition) is 0. The Labute approximate surface area is 137 Å². The summed E-state index contributed by atoms with van der Waals surface area (Å²) in [5, 5.41) is 16.8. The van der Waals surface area contributed by atoms with Crippen LogP contribution in [0.3, 0.4) is 0 Å². The maximum atomic E-state index is 6.06. The maximum absolute atomic E-state index is 6.06. The van der Waals surface area contributed by atoms with Gasteiger partial charge >= 0.3 is 0 Å². The van der Waals surface area contributed by atoms with E-state index in [0.29, 0.717) is 10.0 Å². The Hall–Kier alpha value is -1.47. The van der Waals surface area contributed by atoms with Crippen LogP contribution in [-0.2, 0) is 0 Å². The van der Waals surface area contributed by atoms with Gasteiger partial charge in [0, 0.05) is 5.56 Å². The molecule has 0 bridgehead atoms. The molecule has 0 aliphatic carbocycles. The molecule has 0 N–H and O–H groups in total. The third kappa shape index (κ3) is 2.24. The van der Waals surface area contributed by atoms with Crippen LogP contribution in [0.25, 0.3) is 26.2 Å². The summed E-state index contributed by atoms with van der Waals surface area (Å²) in [5.41, 5.74) is 0.914. The highest BCUT2D eigenvalue weighted by Crippen LogP contribution is 2.32. The molecule has 21 heavy (non-hydrogen) atoms. The van der Waals surface area contributed by atoms with Crippen LogP contribution in [0, 0.1) is 0 Å². The second-order valence-corrected chi connectivity index (χ2v) is 6.95. The second kappa shape index (κ2) is 5.06. The Bertz CT molecular complexity index is 927. The number of thiophene rings is 1. The summed E-state index contributed by atoms with van der Waals surface area (Å²) < 4.78 is 1.76. The Morgan fingerprint density at radius 2 is 1.95 bits per heavy atom. The number of hydrogen-bond acceptors (Lipinski definition) is 5.